The second-order valence-electron chi connectivity index (χ2n) is 4.64. The summed E-state index contributed by atoms with van der Waals surface area (Å²) in [5, 5.41) is 1.78. The highest BCUT2D eigenvalue weighted by molar-refractivity contribution is 7.99. The molecular formula is C13H8N6S4. The third kappa shape index (κ3) is 1.86. The molecule has 0 unspecified atom stereocenters. The number of aliphatic imine (C=N–C) groups is 1. The van der Waals surface area contributed by atoms with Gasteiger partial charge in [0.2, 0.25) is 0 Å². The number of thiazole rings is 1. The first-order valence-corrected chi connectivity index (χ1v) is 9.53. The van der Waals surface area contributed by atoms with E-state index < -0.39 is 0 Å². The standard InChI is InChI=1S/C13H8N6S4/c1-15-10-8(17-20)6(14)4-5(12(10)21-2)7-9(19-23-18-7)11-13(4)22-3-16-11/h3H,1,14H2,2H3. The molecule has 2 heterocycles. The van der Waals surface area contributed by atoms with Crippen LogP contribution in [0.4, 0.5) is 17.1 Å². The first-order valence-electron chi connectivity index (χ1n) is 6.33. The molecule has 0 bridgehead atoms. The van der Waals surface area contributed by atoms with Gasteiger partial charge in [0.1, 0.15) is 27.9 Å². The van der Waals surface area contributed by atoms with Crippen molar-refractivity contribution in [2.45, 2.75) is 4.90 Å². The maximum atomic E-state index is 6.39. The molecule has 0 fully saturated rings. The van der Waals surface area contributed by atoms with E-state index >= 15 is 0 Å². The van der Waals surface area contributed by atoms with Crippen LogP contribution in [0.25, 0.3) is 32.0 Å². The summed E-state index contributed by atoms with van der Waals surface area (Å²) in [5.41, 5.74) is 12.1. The Kier molecular flexibility index (Phi) is 3.48. The van der Waals surface area contributed by atoms with E-state index in [1.54, 1.807) is 17.3 Å². The third-order valence-corrected chi connectivity index (χ3v) is 6.00. The second-order valence-corrected chi connectivity index (χ2v) is 7.02. The fraction of sp³-hybridized carbons (Fsp3) is 0.0769. The van der Waals surface area contributed by atoms with Gasteiger partial charge in [-0.05, 0) is 13.0 Å². The van der Waals surface area contributed by atoms with E-state index in [4.69, 9.17) is 18.2 Å². The van der Waals surface area contributed by atoms with Gasteiger partial charge in [0.05, 0.1) is 27.6 Å². The van der Waals surface area contributed by atoms with Gasteiger partial charge < -0.3 is 5.73 Å². The summed E-state index contributed by atoms with van der Waals surface area (Å²) in [7, 11) is 0. The third-order valence-electron chi connectivity index (χ3n) is 3.64. The van der Waals surface area contributed by atoms with E-state index in [0.29, 0.717) is 17.1 Å². The van der Waals surface area contributed by atoms with Crippen molar-refractivity contribution >= 4 is 103 Å². The fourth-order valence-electron chi connectivity index (χ4n) is 2.72. The zero-order valence-corrected chi connectivity index (χ0v) is 15.0. The number of benzene rings is 2. The van der Waals surface area contributed by atoms with Crippen LogP contribution < -0.4 is 5.73 Å². The minimum absolute atomic E-state index is 0.476. The molecule has 10 heteroatoms. The summed E-state index contributed by atoms with van der Waals surface area (Å²) in [4.78, 5) is 9.45. The predicted molar refractivity (Wildman–Crippen MR) is 103 cm³/mol. The summed E-state index contributed by atoms with van der Waals surface area (Å²) in [5.74, 6) is 0. The van der Waals surface area contributed by atoms with Crippen LogP contribution in [0.2, 0.25) is 0 Å². The van der Waals surface area contributed by atoms with E-state index in [0.717, 1.165) is 48.6 Å². The number of nitrogen functional groups attached to an aromatic ring is 1. The van der Waals surface area contributed by atoms with Gasteiger partial charge in [0, 0.05) is 28.1 Å². The number of rotatable bonds is 3. The SMILES string of the molecule is C=Nc1c(N=S)c(N)c2c3scnc3c3nsnc3c2c1SC. The summed E-state index contributed by atoms with van der Waals surface area (Å²) >= 11 is 9.14. The lowest BCUT2D eigenvalue weighted by Crippen LogP contribution is -1.93. The summed E-state index contributed by atoms with van der Waals surface area (Å²) in [6, 6.07) is 0. The molecule has 114 valence electrons. The Labute approximate surface area is 148 Å². The van der Waals surface area contributed by atoms with E-state index in [1.807, 2.05) is 6.26 Å². The number of hydrogen-bond acceptors (Lipinski definition) is 10. The molecule has 4 aromatic rings. The molecule has 0 aliphatic heterocycles. The summed E-state index contributed by atoms with van der Waals surface area (Å²) < 4.78 is 13.8. The molecular weight excluding hydrogens is 368 g/mol. The Balaban J connectivity index is 2.46. The maximum Gasteiger partial charge on any atom is 0.132 e. The second kappa shape index (κ2) is 5.41. The first-order chi connectivity index (χ1) is 11.2. The average Bonchev–Trinajstić information content (AvgIpc) is 3.22. The van der Waals surface area contributed by atoms with E-state index in [2.05, 4.69) is 29.8 Å². The number of fused-ring (bicyclic) bond motifs is 6. The van der Waals surface area contributed by atoms with Crippen LogP contribution in [0, 0.1) is 0 Å². The van der Waals surface area contributed by atoms with Crippen LogP contribution in [-0.4, -0.2) is 26.7 Å². The normalized spacial score (nSPS) is 11.5. The van der Waals surface area contributed by atoms with Crippen LogP contribution >= 0.6 is 34.8 Å². The predicted octanol–water partition coefficient (Wildman–Crippen LogP) is 4.45. The molecule has 0 amide bonds. The Hall–Kier alpha value is -1.75. The van der Waals surface area contributed by atoms with Gasteiger partial charge in [-0.1, -0.05) is 0 Å². The van der Waals surface area contributed by atoms with Crippen molar-refractivity contribution in [3.05, 3.63) is 5.51 Å². The van der Waals surface area contributed by atoms with E-state index in [-0.39, 0.29) is 0 Å². The molecule has 2 N–H and O–H groups in total. The van der Waals surface area contributed by atoms with Gasteiger partial charge >= 0.3 is 0 Å². The molecule has 6 nitrogen and oxygen atoms in total. The van der Waals surface area contributed by atoms with Gasteiger partial charge in [0.15, 0.2) is 0 Å². The molecule has 0 aliphatic rings. The fourth-order valence-corrected chi connectivity index (χ4v) is 5.07. The topological polar surface area (TPSA) is 89.4 Å². The number of anilines is 1. The number of aromatic nitrogens is 3. The lowest BCUT2D eigenvalue weighted by Gasteiger charge is -2.14. The van der Waals surface area contributed by atoms with E-state index in [9.17, 15) is 0 Å². The molecule has 0 aliphatic carbocycles. The largest absolute Gasteiger partial charge is 0.396 e. The zero-order chi connectivity index (χ0) is 16.1. The van der Waals surface area contributed by atoms with Gasteiger partial charge in [0.25, 0.3) is 0 Å². The van der Waals surface area contributed by atoms with Gasteiger partial charge in [-0.25, -0.2) is 4.98 Å². The van der Waals surface area contributed by atoms with Crippen LogP contribution in [0.3, 0.4) is 0 Å². The minimum atomic E-state index is 0.476. The van der Waals surface area contributed by atoms with Crippen molar-refractivity contribution in [2.75, 3.05) is 12.0 Å². The van der Waals surface area contributed by atoms with E-state index in [1.165, 1.54) is 11.3 Å². The summed E-state index contributed by atoms with van der Waals surface area (Å²) in [6.07, 6.45) is 1.97. The van der Waals surface area contributed by atoms with Crippen molar-refractivity contribution in [2.24, 2.45) is 9.36 Å². The van der Waals surface area contributed by atoms with Crippen molar-refractivity contribution in [3.63, 3.8) is 0 Å². The molecule has 0 radical (unpaired) electrons. The Morgan fingerprint density at radius 2 is 2.00 bits per heavy atom. The number of nitrogens with two attached hydrogens (primary N) is 1. The van der Waals surface area contributed by atoms with Crippen LogP contribution in [-0.2, 0) is 12.4 Å². The lowest BCUT2D eigenvalue weighted by atomic mass is 10.0. The molecule has 4 rings (SSSR count). The smallest absolute Gasteiger partial charge is 0.132 e. The molecule has 0 atom stereocenters. The van der Waals surface area contributed by atoms with Crippen molar-refractivity contribution in [3.8, 4) is 0 Å². The van der Waals surface area contributed by atoms with Gasteiger partial charge in [-0.3, -0.25) is 4.99 Å². The summed E-state index contributed by atoms with van der Waals surface area (Å²) in [6.45, 7) is 3.65. The number of thioether (sulfide) groups is 1. The van der Waals surface area contributed by atoms with Gasteiger partial charge in [-0.2, -0.15) is 13.1 Å². The number of nitrogens with zero attached hydrogens (tertiary/aromatic N) is 5. The van der Waals surface area contributed by atoms with Crippen LogP contribution in [0.5, 0.6) is 0 Å². The van der Waals surface area contributed by atoms with Crippen LogP contribution in [0.1, 0.15) is 0 Å². The molecule has 2 aromatic heterocycles. The van der Waals surface area contributed by atoms with Crippen molar-refractivity contribution < 1.29 is 0 Å². The molecule has 0 saturated carbocycles. The molecule has 23 heavy (non-hydrogen) atoms. The maximum absolute atomic E-state index is 6.39. The lowest BCUT2D eigenvalue weighted by molar-refractivity contribution is 1.42. The zero-order valence-electron chi connectivity index (χ0n) is 11.7. The highest BCUT2D eigenvalue weighted by Crippen LogP contribution is 2.51. The molecule has 0 spiro atoms. The highest BCUT2D eigenvalue weighted by Gasteiger charge is 2.24. The average molecular weight is 377 g/mol. The monoisotopic (exact) mass is 376 g/mol. The van der Waals surface area contributed by atoms with Crippen LogP contribution in [0.15, 0.2) is 19.8 Å². The quantitative estimate of drug-likeness (QED) is 0.323. The number of hydrogen-bond donors (Lipinski definition) is 1. The van der Waals surface area contributed by atoms with Crippen molar-refractivity contribution in [1.29, 1.82) is 0 Å². The first kappa shape index (κ1) is 14.8. The molecule has 2 aromatic carbocycles. The van der Waals surface area contributed by atoms with Gasteiger partial charge in [-0.15, -0.1) is 23.1 Å². The van der Waals surface area contributed by atoms with Crippen molar-refractivity contribution in [1.82, 2.24) is 13.7 Å². The highest BCUT2D eigenvalue weighted by atomic mass is 32.2. The molecule has 0 saturated heterocycles. The Morgan fingerprint density at radius 3 is 2.70 bits per heavy atom. The Bertz CT molecular complexity index is 1110. The Morgan fingerprint density at radius 1 is 1.22 bits per heavy atom. The minimum Gasteiger partial charge on any atom is -0.396 e.